The zero-order valence-corrected chi connectivity index (χ0v) is 18.1. The summed E-state index contributed by atoms with van der Waals surface area (Å²) >= 11 is 0. The van der Waals surface area contributed by atoms with Gasteiger partial charge >= 0.3 is 0 Å². The van der Waals surface area contributed by atoms with Crippen molar-refractivity contribution in [2.24, 2.45) is 0 Å². The molecule has 0 unspecified atom stereocenters. The number of nitrogens with one attached hydrogen (secondary N) is 2. The van der Waals surface area contributed by atoms with Crippen molar-refractivity contribution >= 4 is 21.8 Å². The van der Waals surface area contributed by atoms with E-state index in [4.69, 9.17) is 4.74 Å². The van der Waals surface area contributed by atoms with Crippen LogP contribution < -0.4 is 10.6 Å². The highest BCUT2D eigenvalue weighted by atomic mass is 32.2. The minimum atomic E-state index is -3.52. The Labute approximate surface area is 182 Å². The first-order valence-electron chi connectivity index (χ1n) is 10.2. The maximum absolute atomic E-state index is 12.6. The molecule has 2 aromatic carbocycles. The van der Waals surface area contributed by atoms with Crippen molar-refractivity contribution in [3.05, 3.63) is 65.7 Å². The van der Waals surface area contributed by atoms with E-state index < -0.39 is 10.0 Å². The third-order valence-electron chi connectivity index (χ3n) is 4.95. The maximum atomic E-state index is 12.6. The topological polar surface area (TPSA) is 105 Å². The number of ether oxygens (including phenoxy) is 1. The van der Waals surface area contributed by atoms with E-state index in [9.17, 15) is 18.0 Å². The molecular formula is C22H27N3O5S. The van der Waals surface area contributed by atoms with E-state index in [-0.39, 0.29) is 29.7 Å². The van der Waals surface area contributed by atoms with Crippen LogP contribution in [0.4, 0.5) is 0 Å². The van der Waals surface area contributed by atoms with E-state index >= 15 is 0 Å². The molecule has 2 amide bonds. The van der Waals surface area contributed by atoms with E-state index in [1.165, 1.54) is 4.31 Å². The van der Waals surface area contributed by atoms with Crippen LogP contribution in [0.15, 0.2) is 59.5 Å². The minimum Gasteiger partial charge on any atom is -0.379 e. The normalized spacial score (nSPS) is 14.7. The summed E-state index contributed by atoms with van der Waals surface area (Å²) < 4.78 is 31.9. The Balaban J connectivity index is 1.40. The number of benzene rings is 2. The molecule has 0 atom stereocenters. The summed E-state index contributed by atoms with van der Waals surface area (Å²) in [7, 11) is -3.52. The predicted octanol–water partition coefficient (Wildman–Crippen LogP) is 1.07. The fourth-order valence-corrected chi connectivity index (χ4v) is 4.56. The summed E-state index contributed by atoms with van der Waals surface area (Å²) in [5.74, 6) is -0.491. The molecule has 1 heterocycles. The number of aryl methyl sites for hydroxylation is 1. The molecular weight excluding hydrogens is 418 g/mol. The Kier molecular flexibility index (Phi) is 8.16. The van der Waals surface area contributed by atoms with Gasteiger partial charge in [-0.3, -0.25) is 9.59 Å². The summed E-state index contributed by atoms with van der Waals surface area (Å²) in [6.45, 7) is 1.83. The Hall–Kier alpha value is -2.75. The van der Waals surface area contributed by atoms with Gasteiger partial charge in [0.25, 0.3) is 0 Å². The quantitative estimate of drug-likeness (QED) is 0.601. The highest BCUT2D eigenvalue weighted by molar-refractivity contribution is 7.89. The van der Waals surface area contributed by atoms with E-state index in [1.807, 2.05) is 30.3 Å². The molecule has 3 rings (SSSR count). The largest absolute Gasteiger partial charge is 0.379 e. The van der Waals surface area contributed by atoms with Crippen molar-refractivity contribution in [3.8, 4) is 0 Å². The molecule has 1 saturated heterocycles. The number of nitrogens with zero attached hydrogens (tertiary/aromatic N) is 1. The van der Waals surface area contributed by atoms with Gasteiger partial charge in [0, 0.05) is 26.1 Å². The molecule has 8 nitrogen and oxygen atoms in total. The van der Waals surface area contributed by atoms with Crippen LogP contribution in [-0.4, -0.2) is 57.4 Å². The summed E-state index contributed by atoms with van der Waals surface area (Å²) in [6.07, 6.45) is 0.664. The number of carbonyl (C=O) groups excluding carboxylic acids is 2. The second-order valence-electron chi connectivity index (χ2n) is 7.20. The lowest BCUT2D eigenvalue weighted by molar-refractivity contribution is -0.126. The number of morpholine rings is 1. The number of rotatable bonds is 9. The lowest BCUT2D eigenvalue weighted by atomic mass is 10.1. The second kappa shape index (κ2) is 11.0. The number of hydrogen-bond donors (Lipinski definition) is 2. The van der Waals surface area contributed by atoms with Gasteiger partial charge in [-0.1, -0.05) is 42.5 Å². The Morgan fingerprint density at radius 2 is 1.55 bits per heavy atom. The lowest BCUT2D eigenvalue weighted by Crippen LogP contribution is -2.40. The van der Waals surface area contributed by atoms with Crippen LogP contribution in [0.5, 0.6) is 0 Å². The molecule has 31 heavy (non-hydrogen) atoms. The molecule has 1 aliphatic rings. The Morgan fingerprint density at radius 3 is 2.23 bits per heavy atom. The minimum absolute atomic E-state index is 0.0810. The van der Waals surface area contributed by atoms with Crippen molar-refractivity contribution in [2.75, 3.05) is 32.8 Å². The fraction of sp³-hybridized carbons (Fsp3) is 0.364. The summed E-state index contributed by atoms with van der Waals surface area (Å²) in [4.78, 5) is 24.1. The third kappa shape index (κ3) is 6.88. The van der Waals surface area contributed by atoms with Gasteiger partial charge in [-0.2, -0.15) is 4.31 Å². The van der Waals surface area contributed by atoms with Gasteiger partial charge in [0.1, 0.15) is 0 Å². The first-order chi connectivity index (χ1) is 14.9. The van der Waals surface area contributed by atoms with Crippen molar-refractivity contribution in [2.45, 2.75) is 24.3 Å². The molecule has 1 aliphatic heterocycles. The third-order valence-corrected chi connectivity index (χ3v) is 6.86. The molecule has 0 aliphatic carbocycles. The van der Waals surface area contributed by atoms with Crippen LogP contribution in [0.2, 0.25) is 0 Å². The van der Waals surface area contributed by atoms with Gasteiger partial charge < -0.3 is 15.4 Å². The maximum Gasteiger partial charge on any atom is 0.243 e. The first-order valence-corrected chi connectivity index (χ1v) is 11.6. The number of amides is 2. The summed E-state index contributed by atoms with van der Waals surface area (Å²) in [5, 5.41) is 5.36. The van der Waals surface area contributed by atoms with Crippen LogP contribution >= 0.6 is 0 Å². The summed E-state index contributed by atoms with van der Waals surface area (Å²) in [5.41, 5.74) is 1.84. The molecule has 0 spiro atoms. The molecule has 0 saturated carbocycles. The van der Waals surface area contributed by atoms with Gasteiger partial charge in [0.15, 0.2) is 0 Å². The van der Waals surface area contributed by atoms with Crippen LogP contribution in [0.1, 0.15) is 17.5 Å². The average Bonchev–Trinajstić information content (AvgIpc) is 2.81. The van der Waals surface area contributed by atoms with Crippen LogP contribution in [-0.2, 0) is 37.3 Å². The number of carbonyl (C=O) groups is 2. The van der Waals surface area contributed by atoms with E-state index in [0.29, 0.717) is 39.3 Å². The highest BCUT2D eigenvalue weighted by Gasteiger charge is 2.26. The average molecular weight is 446 g/mol. The molecule has 0 aromatic heterocycles. The van der Waals surface area contributed by atoms with E-state index in [2.05, 4.69) is 10.6 Å². The molecule has 2 N–H and O–H groups in total. The van der Waals surface area contributed by atoms with Gasteiger partial charge in [0.05, 0.1) is 24.7 Å². The molecule has 2 aromatic rings. The van der Waals surface area contributed by atoms with Crippen molar-refractivity contribution in [1.82, 2.24) is 14.9 Å². The van der Waals surface area contributed by atoms with E-state index in [0.717, 1.165) is 11.1 Å². The zero-order valence-electron chi connectivity index (χ0n) is 17.2. The Morgan fingerprint density at radius 1 is 0.871 bits per heavy atom. The zero-order chi connectivity index (χ0) is 22.1. The molecule has 0 radical (unpaired) electrons. The van der Waals surface area contributed by atoms with Gasteiger partial charge in [0.2, 0.25) is 21.8 Å². The number of hydrogen-bond acceptors (Lipinski definition) is 5. The molecule has 0 bridgehead atoms. The van der Waals surface area contributed by atoms with E-state index in [1.54, 1.807) is 24.3 Å². The monoisotopic (exact) mass is 445 g/mol. The molecule has 9 heteroatoms. The smallest absolute Gasteiger partial charge is 0.243 e. The van der Waals surface area contributed by atoms with Crippen LogP contribution in [0.25, 0.3) is 0 Å². The van der Waals surface area contributed by atoms with Gasteiger partial charge in [-0.05, 0) is 29.7 Å². The predicted molar refractivity (Wildman–Crippen MR) is 116 cm³/mol. The second-order valence-corrected chi connectivity index (χ2v) is 9.14. The Bertz CT molecular complexity index is 972. The van der Waals surface area contributed by atoms with Crippen molar-refractivity contribution < 1.29 is 22.7 Å². The molecule has 1 fully saturated rings. The first kappa shape index (κ1) is 22.9. The SMILES string of the molecule is O=C(CCc1ccc(S(=O)(=O)N2CCOCC2)cc1)NCC(=O)NCc1ccccc1. The van der Waals surface area contributed by atoms with Crippen LogP contribution in [0, 0.1) is 0 Å². The van der Waals surface area contributed by atoms with Crippen LogP contribution in [0.3, 0.4) is 0 Å². The fourth-order valence-electron chi connectivity index (χ4n) is 3.15. The van der Waals surface area contributed by atoms with Crippen molar-refractivity contribution in [1.29, 1.82) is 0 Å². The number of sulfonamides is 1. The van der Waals surface area contributed by atoms with Gasteiger partial charge in [-0.25, -0.2) is 8.42 Å². The standard InChI is InChI=1S/C22H27N3O5S/c26-21(24-17-22(27)23-16-19-4-2-1-3-5-19)11-8-18-6-9-20(10-7-18)31(28,29)25-12-14-30-15-13-25/h1-7,9-10H,8,11-17H2,(H,23,27)(H,24,26). The van der Waals surface area contributed by atoms with Gasteiger partial charge in [-0.15, -0.1) is 0 Å². The molecule has 166 valence electrons. The summed E-state index contributed by atoms with van der Waals surface area (Å²) in [6, 6.07) is 16.1. The highest BCUT2D eigenvalue weighted by Crippen LogP contribution is 2.18. The van der Waals surface area contributed by atoms with Crippen molar-refractivity contribution in [3.63, 3.8) is 0 Å². The lowest BCUT2D eigenvalue weighted by Gasteiger charge is -2.26.